The van der Waals surface area contributed by atoms with Crippen LogP contribution in [0.1, 0.15) is 13.3 Å². The van der Waals surface area contributed by atoms with Crippen molar-refractivity contribution in [3.63, 3.8) is 0 Å². The van der Waals surface area contributed by atoms with Gasteiger partial charge in [-0.05, 0) is 6.42 Å². The van der Waals surface area contributed by atoms with Gasteiger partial charge in [0.1, 0.15) is 4.28 Å². The first-order valence-corrected chi connectivity index (χ1v) is 5.64. The summed E-state index contributed by atoms with van der Waals surface area (Å²) in [6.07, 6.45) is 1.79. The minimum atomic E-state index is 0.183. The van der Waals surface area contributed by atoms with Gasteiger partial charge in [0.15, 0.2) is 6.29 Å². The predicted octanol–water partition coefficient (Wildman–Crippen LogP) is 2.08. The van der Waals surface area contributed by atoms with Crippen LogP contribution in [0.5, 0.6) is 0 Å². The monoisotopic (exact) mass is 267 g/mol. The topological polar surface area (TPSA) is 38.3 Å². The van der Waals surface area contributed by atoms with Gasteiger partial charge < -0.3 is 10.1 Å². The number of nitrogens with one attached hydrogen (secondary N) is 1. The standard InChI is InChI=1S/C6H8BrNOS.C2H6O/c1-2-5-4(3-9)8-6(7)10-5;1-3-2/h3,6,8H,2H2,1H3;1-2H3. The molecule has 5 heteroatoms. The number of ether oxygens (including phenoxy) is 1. The highest BCUT2D eigenvalue weighted by molar-refractivity contribution is 9.11. The van der Waals surface area contributed by atoms with Crippen molar-refractivity contribution < 1.29 is 9.53 Å². The maximum atomic E-state index is 10.4. The molecule has 1 aliphatic heterocycles. The molecule has 0 aromatic heterocycles. The first kappa shape index (κ1) is 13.0. The number of hydrogen-bond acceptors (Lipinski definition) is 4. The molecule has 0 fully saturated rings. The van der Waals surface area contributed by atoms with Crippen molar-refractivity contribution in [3.8, 4) is 0 Å². The lowest BCUT2D eigenvalue weighted by molar-refractivity contribution is -0.105. The Bertz CT molecular complexity index is 197. The van der Waals surface area contributed by atoms with E-state index < -0.39 is 0 Å². The van der Waals surface area contributed by atoms with E-state index >= 15 is 0 Å². The van der Waals surface area contributed by atoms with Gasteiger partial charge in [-0.15, -0.1) is 0 Å². The molecule has 1 rings (SSSR count). The second-order valence-electron chi connectivity index (χ2n) is 2.29. The van der Waals surface area contributed by atoms with Gasteiger partial charge in [-0.1, -0.05) is 34.6 Å². The Kier molecular flexibility index (Phi) is 7.41. The molecular weight excluding hydrogens is 254 g/mol. The summed E-state index contributed by atoms with van der Waals surface area (Å²) in [6, 6.07) is 0. The molecule has 1 aliphatic rings. The number of carbonyl (C=O) groups excluding carboxylic acids is 1. The molecule has 1 N–H and O–H groups in total. The quantitative estimate of drug-likeness (QED) is 0.473. The maximum absolute atomic E-state index is 10.4. The van der Waals surface area contributed by atoms with Crippen LogP contribution in [-0.4, -0.2) is 24.8 Å². The smallest absolute Gasteiger partial charge is 0.166 e. The molecule has 13 heavy (non-hydrogen) atoms. The summed E-state index contributed by atoms with van der Waals surface area (Å²) in [7, 11) is 3.25. The van der Waals surface area contributed by atoms with Gasteiger partial charge in [-0.2, -0.15) is 0 Å². The molecule has 0 aromatic rings. The SMILES string of the molecule is CCC1=C(C=O)NC(Br)S1.COC. The van der Waals surface area contributed by atoms with E-state index in [0.29, 0.717) is 0 Å². The van der Waals surface area contributed by atoms with E-state index in [1.807, 2.05) is 6.92 Å². The van der Waals surface area contributed by atoms with Crippen LogP contribution in [0.15, 0.2) is 10.6 Å². The molecule has 1 unspecified atom stereocenters. The molecular formula is C8H14BrNO2S. The van der Waals surface area contributed by atoms with Crippen LogP contribution < -0.4 is 5.32 Å². The van der Waals surface area contributed by atoms with E-state index in [0.717, 1.165) is 23.3 Å². The lowest BCUT2D eigenvalue weighted by Gasteiger charge is -1.97. The molecule has 0 aliphatic carbocycles. The molecule has 76 valence electrons. The molecule has 0 radical (unpaired) electrons. The van der Waals surface area contributed by atoms with Gasteiger partial charge in [0.25, 0.3) is 0 Å². The summed E-state index contributed by atoms with van der Waals surface area (Å²) in [6.45, 7) is 2.04. The van der Waals surface area contributed by atoms with Crippen LogP contribution in [0.3, 0.4) is 0 Å². The predicted molar refractivity (Wildman–Crippen MR) is 59.8 cm³/mol. The van der Waals surface area contributed by atoms with E-state index in [1.54, 1.807) is 26.0 Å². The first-order chi connectivity index (χ1) is 6.19. The molecule has 3 nitrogen and oxygen atoms in total. The third-order valence-corrected chi connectivity index (χ3v) is 3.16. The number of thioether (sulfide) groups is 1. The minimum Gasteiger partial charge on any atom is -0.388 e. The highest BCUT2D eigenvalue weighted by atomic mass is 79.9. The number of allylic oxidation sites excluding steroid dienone is 2. The summed E-state index contributed by atoms with van der Waals surface area (Å²) in [4.78, 5) is 11.5. The third-order valence-electron chi connectivity index (χ3n) is 1.25. The van der Waals surface area contributed by atoms with Crippen molar-refractivity contribution in [1.29, 1.82) is 0 Å². The summed E-state index contributed by atoms with van der Waals surface area (Å²) in [5.41, 5.74) is 0.731. The van der Waals surface area contributed by atoms with Gasteiger partial charge in [-0.25, -0.2) is 0 Å². The Morgan fingerprint density at radius 3 is 2.54 bits per heavy atom. The van der Waals surface area contributed by atoms with E-state index in [9.17, 15) is 4.79 Å². The average Bonchev–Trinajstić information content (AvgIpc) is 2.47. The van der Waals surface area contributed by atoms with Gasteiger partial charge in [0.05, 0.1) is 5.70 Å². The fraction of sp³-hybridized carbons (Fsp3) is 0.625. The second kappa shape index (κ2) is 7.41. The zero-order valence-corrected chi connectivity index (χ0v) is 10.4. The van der Waals surface area contributed by atoms with Crippen molar-refractivity contribution >= 4 is 34.0 Å². The zero-order chi connectivity index (χ0) is 10.3. The zero-order valence-electron chi connectivity index (χ0n) is 7.96. The van der Waals surface area contributed by atoms with Crippen molar-refractivity contribution in [2.45, 2.75) is 17.6 Å². The number of hydrogen-bond donors (Lipinski definition) is 1. The van der Waals surface area contributed by atoms with Crippen LogP contribution in [-0.2, 0) is 9.53 Å². The number of carbonyl (C=O) groups is 1. The first-order valence-electron chi connectivity index (χ1n) is 3.85. The van der Waals surface area contributed by atoms with Crippen molar-refractivity contribution in [3.05, 3.63) is 10.6 Å². The molecule has 1 heterocycles. The van der Waals surface area contributed by atoms with E-state index in [4.69, 9.17) is 0 Å². The lowest BCUT2D eigenvalue weighted by Crippen LogP contribution is -2.14. The Labute approximate surface area is 91.4 Å². The molecule has 1 atom stereocenters. The molecule has 0 amide bonds. The summed E-state index contributed by atoms with van der Waals surface area (Å²) in [5.74, 6) is 0. The van der Waals surface area contributed by atoms with E-state index in [1.165, 1.54) is 0 Å². The average molecular weight is 268 g/mol. The number of methoxy groups -OCH3 is 1. The van der Waals surface area contributed by atoms with Crippen molar-refractivity contribution in [1.82, 2.24) is 5.32 Å². The molecule has 0 spiro atoms. The summed E-state index contributed by atoms with van der Waals surface area (Å²) >= 11 is 5.00. The number of halogens is 1. The summed E-state index contributed by atoms with van der Waals surface area (Å²) in [5, 5.41) is 3.00. The minimum absolute atomic E-state index is 0.183. The van der Waals surface area contributed by atoms with Crippen LogP contribution in [0.2, 0.25) is 0 Å². The fourth-order valence-corrected chi connectivity index (χ4v) is 2.55. The summed E-state index contributed by atoms with van der Waals surface area (Å²) < 4.78 is 4.43. The highest BCUT2D eigenvalue weighted by Gasteiger charge is 2.19. The lowest BCUT2D eigenvalue weighted by atomic mass is 10.3. The van der Waals surface area contributed by atoms with Gasteiger partial charge in [0, 0.05) is 19.1 Å². The van der Waals surface area contributed by atoms with Crippen molar-refractivity contribution in [2.75, 3.05) is 14.2 Å². The molecule has 0 bridgehead atoms. The van der Waals surface area contributed by atoms with Gasteiger partial charge in [0.2, 0.25) is 0 Å². The Morgan fingerprint density at radius 1 is 1.69 bits per heavy atom. The number of aldehydes is 1. The van der Waals surface area contributed by atoms with Crippen molar-refractivity contribution in [2.24, 2.45) is 0 Å². The van der Waals surface area contributed by atoms with Crippen LogP contribution in [0.4, 0.5) is 0 Å². The second-order valence-corrected chi connectivity index (χ2v) is 5.02. The normalized spacial score (nSPS) is 20.5. The Balaban J connectivity index is 0.000000424. The Morgan fingerprint density at radius 2 is 2.23 bits per heavy atom. The van der Waals surface area contributed by atoms with Crippen LogP contribution in [0, 0.1) is 0 Å². The fourth-order valence-electron chi connectivity index (χ4n) is 0.794. The van der Waals surface area contributed by atoms with E-state index in [-0.39, 0.29) is 4.28 Å². The van der Waals surface area contributed by atoms with E-state index in [2.05, 4.69) is 26.0 Å². The Hall–Kier alpha value is -0.0000000000000000763. The van der Waals surface area contributed by atoms with Gasteiger partial charge >= 0.3 is 0 Å². The largest absolute Gasteiger partial charge is 0.388 e. The van der Waals surface area contributed by atoms with Crippen LogP contribution in [0.25, 0.3) is 0 Å². The molecule has 0 saturated carbocycles. The third kappa shape index (κ3) is 4.69. The van der Waals surface area contributed by atoms with Crippen LogP contribution >= 0.6 is 27.7 Å². The maximum Gasteiger partial charge on any atom is 0.166 e. The molecule has 0 aromatic carbocycles. The van der Waals surface area contributed by atoms with Gasteiger partial charge in [-0.3, -0.25) is 4.79 Å². The number of alkyl halides is 1. The number of rotatable bonds is 2. The highest BCUT2D eigenvalue weighted by Crippen LogP contribution is 2.34. The molecule has 0 saturated heterocycles.